The fraction of sp³-hybridized carbons (Fsp3) is 0.0714. The van der Waals surface area contributed by atoms with Crippen LogP contribution in [0.25, 0.3) is 0 Å². The Morgan fingerprint density at radius 3 is 2.63 bits per heavy atom. The van der Waals surface area contributed by atoms with Crippen LogP contribution in [0.5, 0.6) is 5.75 Å². The van der Waals surface area contributed by atoms with Gasteiger partial charge in [0.2, 0.25) is 0 Å². The van der Waals surface area contributed by atoms with Crippen molar-refractivity contribution in [3.8, 4) is 5.75 Å². The van der Waals surface area contributed by atoms with Crippen LogP contribution < -0.4 is 10.6 Å². The van der Waals surface area contributed by atoms with E-state index in [1.165, 1.54) is 11.0 Å². The lowest BCUT2D eigenvalue weighted by Gasteiger charge is -2.18. The van der Waals surface area contributed by atoms with Gasteiger partial charge in [-0.05, 0) is 46.3 Å². The second kappa shape index (κ2) is 5.32. The Bertz CT molecular complexity index is 629. The predicted octanol–water partition coefficient (Wildman–Crippen LogP) is 3.01. The Morgan fingerprint density at radius 2 is 2.00 bits per heavy atom. The highest BCUT2D eigenvalue weighted by atomic mass is 79.9. The van der Waals surface area contributed by atoms with Gasteiger partial charge < -0.3 is 15.7 Å². The molecule has 0 bridgehead atoms. The molecule has 5 heteroatoms. The molecular weight excluding hydrogens is 308 g/mol. The van der Waals surface area contributed by atoms with Gasteiger partial charge in [0.05, 0.1) is 0 Å². The summed E-state index contributed by atoms with van der Waals surface area (Å²) in [5.41, 5.74) is 7.38. The van der Waals surface area contributed by atoms with Crippen LogP contribution in [0.4, 0.5) is 11.4 Å². The highest BCUT2D eigenvalue weighted by molar-refractivity contribution is 9.10. The zero-order valence-electron chi connectivity index (χ0n) is 10.3. The van der Waals surface area contributed by atoms with Crippen molar-refractivity contribution in [2.45, 2.75) is 0 Å². The number of nitrogens with two attached hydrogens (primary N) is 1. The van der Waals surface area contributed by atoms with E-state index in [9.17, 15) is 9.90 Å². The van der Waals surface area contributed by atoms with E-state index in [1.807, 2.05) is 0 Å². The number of phenols is 1. The molecule has 0 aliphatic carbocycles. The summed E-state index contributed by atoms with van der Waals surface area (Å²) in [7, 11) is 1.65. The molecule has 1 amide bonds. The smallest absolute Gasteiger partial charge is 0.258 e. The molecule has 2 rings (SSSR count). The van der Waals surface area contributed by atoms with Crippen molar-refractivity contribution in [2.24, 2.45) is 0 Å². The lowest BCUT2D eigenvalue weighted by atomic mass is 10.1. The van der Waals surface area contributed by atoms with Crippen LogP contribution in [0.1, 0.15) is 10.4 Å². The molecule has 19 heavy (non-hydrogen) atoms. The van der Waals surface area contributed by atoms with Gasteiger partial charge in [0.1, 0.15) is 5.75 Å². The summed E-state index contributed by atoms with van der Waals surface area (Å²) in [5, 5.41) is 9.43. The molecule has 0 saturated heterocycles. The van der Waals surface area contributed by atoms with Crippen molar-refractivity contribution in [3.05, 3.63) is 52.5 Å². The number of hydrogen-bond acceptors (Lipinski definition) is 3. The number of anilines is 2. The van der Waals surface area contributed by atoms with E-state index in [1.54, 1.807) is 43.4 Å². The normalized spacial score (nSPS) is 10.2. The van der Waals surface area contributed by atoms with Crippen LogP contribution >= 0.6 is 15.9 Å². The average molecular weight is 321 g/mol. The van der Waals surface area contributed by atoms with Gasteiger partial charge in [-0.2, -0.15) is 0 Å². The quantitative estimate of drug-likeness (QED) is 0.836. The van der Waals surface area contributed by atoms with Gasteiger partial charge in [-0.25, -0.2) is 0 Å². The van der Waals surface area contributed by atoms with E-state index in [0.29, 0.717) is 16.9 Å². The highest BCUT2D eigenvalue weighted by Crippen LogP contribution is 2.24. The third-order valence-electron chi connectivity index (χ3n) is 2.76. The summed E-state index contributed by atoms with van der Waals surface area (Å²) in [6, 6.07) is 11.6. The lowest BCUT2D eigenvalue weighted by molar-refractivity contribution is 0.0993. The summed E-state index contributed by atoms with van der Waals surface area (Å²) in [5.74, 6) is -0.0720. The average Bonchev–Trinajstić information content (AvgIpc) is 2.40. The number of phenolic OH excluding ortho intramolecular Hbond substituents is 1. The minimum absolute atomic E-state index is 0.118. The van der Waals surface area contributed by atoms with Gasteiger partial charge >= 0.3 is 0 Å². The van der Waals surface area contributed by atoms with Crippen LogP contribution in [0, 0.1) is 0 Å². The molecule has 0 saturated carbocycles. The van der Waals surface area contributed by atoms with E-state index in [2.05, 4.69) is 15.9 Å². The van der Waals surface area contributed by atoms with Crippen molar-refractivity contribution < 1.29 is 9.90 Å². The minimum Gasteiger partial charge on any atom is -0.508 e. The number of aromatic hydroxyl groups is 1. The van der Waals surface area contributed by atoms with E-state index in [0.717, 1.165) is 4.47 Å². The molecule has 0 fully saturated rings. The molecule has 0 heterocycles. The first kappa shape index (κ1) is 13.4. The standard InChI is InChI=1S/C14H13BrN2O2/c1-17(10-3-2-4-11(18)8-10)14(19)9-5-6-12(15)13(16)7-9/h2-8,18H,16H2,1H3. The van der Waals surface area contributed by atoms with Gasteiger partial charge in [0.25, 0.3) is 5.91 Å². The number of nitrogens with zero attached hydrogens (tertiary/aromatic N) is 1. The molecule has 0 aromatic heterocycles. The van der Waals surface area contributed by atoms with Crippen molar-refractivity contribution in [1.82, 2.24) is 0 Å². The molecule has 98 valence electrons. The van der Waals surface area contributed by atoms with E-state index in [4.69, 9.17) is 5.73 Å². The maximum atomic E-state index is 12.3. The Balaban J connectivity index is 2.30. The van der Waals surface area contributed by atoms with Crippen molar-refractivity contribution >= 4 is 33.2 Å². The number of amides is 1. The molecule has 3 N–H and O–H groups in total. The molecule has 4 nitrogen and oxygen atoms in total. The molecular formula is C14H13BrN2O2. The topological polar surface area (TPSA) is 66.6 Å². The summed E-state index contributed by atoms with van der Waals surface area (Å²) in [6.07, 6.45) is 0. The number of hydrogen-bond donors (Lipinski definition) is 2. The SMILES string of the molecule is CN(C(=O)c1ccc(Br)c(N)c1)c1cccc(O)c1. The van der Waals surface area contributed by atoms with Gasteiger partial charge in [-0.1, -0.05) is 6.07 Å². The third-order valence-corrected chi connectivity index (χ3v) is 3.49. The predicted molar refractivity (Wildman–Crippen MR) is 79.4 cm³/mol. The summed E-state index contributed by atoms with van der Waals surface area (Å²) >= 11 is 3.29. The van der Waals surface area contributed by atoms with Crippen molar-refractivity contribution in [3.63, 3.8) is 0 Å². The molecule has 0 atom stereocenters. The number of rotatable bonds is 2. The largest absolute Gasteiger partial charge is 0.508 e. The number of benzene rings is 2. The van der Waals surface area contributed by atoms with Gasteiger partial charge in [0.15, 0.2) is 0 Å². The second-order valence-corrected chi connectivity index (χ2v) is 4.97. The van der Waals surface area contributed by atoms with Gasteiger partial charge in [-0.3, -0.25) is 4.79 Å². The summed E-state index contributed by atoms with van der Waals surface area (Å²) in [6.45, 7) is 0. The lowest BCUT2D eigenvalue weighted by Crippen LogP contribution is -2.26. The first-order valence-corrected chi connectivity index (χ1v) is 6.40. The number of nitrogen functional groups attached to an aromatic ring is 1. The van der Waals surface area contributed by atoms with Crippen LogP contribution in [0.2, 0.25) is 0 Å². The number of carbonyl (C=O) groups excluding carboxylic acids is 1. The fourth-order valence-electron chi connectivity index (χ4n) is 1.69. The van der Waals surface area contributed by atoms with Crippen molar-refractivity contribution in [1.29, 1.82) is 0 Å². The Kier molecular flexibility index (Phi) is 3.76. The summed E-state index contributed by atoms with van der Waals surface area (Å²) in [4.78, 5) is 13.8. The molecule has 0 radical (unpaired) electrons. The molecule has 2 aromatic rings. The molecule has 0 unspecified atom stereocenters. The molecule has 0 aliphatic heterocycles. The summed E-state index contributed by atoms with van der Waals surface area (Å²) < 4.78 is 0.754. The minimum atomic E-state index is -0.190. The van der Waals surface area contributed by atoms with Crippen LogP contribution in [-0.2, 0) is 0 Å². The molecule has 0 spiro atoms. The van der Waals surface area contributed by atoms with Crippen LogP contribution in [-0.4, -0.2) is 18.1 Å². The van der Waals surface area contributed by atoms with Gasteiger partial charge in [0, 0.05) is 34.5 Å². The fourth-order valence-corrected chi connectivity index (χ4v) is 1.94. The Hall–Kier alpha value is -2.01. The van der Waals surface area contributed by atoms with E-state index in [-0.39, 0.29) is 11.7 Å². The third kappa shape index (κ3) is 2.88. The highest BCUT2D eigenvalue weighted by Gasteiger charge is 2.14. The second-order valence-electron chi connectivity index (χ2n) is 4.12. The Morgan fingerprint density at radius 1 is 1.26 bits per heavy atom. The molecule has 0 aliphatic rings. The first-order valence-electron chi connectivity index (χ1n) is 5.61. The maximum Gasteiger partial charge on any atom is 0.258 e. The number of halogens is 1. The van der Waals surface area contributed by atoms with Crippen molar-refractivity contribution in [2.75, 3.05) is 17.7 Å². The zero-order chi connectivity index (χ0) is 14.0. The number of carbonyl (C=O) groups is 1. The van der Waals surface area contributed by atoms with Gasteiger partial charge in [-0.15, -0.1) is 0 Å². The first-order chi connectivity index (χ1) is 8.99. The van der Waals surface area contributed by atoms with E-state index >= 15 is 0 Å². The monoisotopic (exact) mass is 320 g/mol. The van der Waals surface area contributed by atoms with Crippen LogP contribution in [0.3, 0.4) is 0 Å². The van der Waals surface area contributed by atoms with Crippen LogP contribution in [0.15, 0.2) is 46.9 Å². The Labute approximate surface area is 119 Å². The van der Waals surface area contributed by atoms with E-state index < -0.39 is 0 Å². The maximum absolute atomic E-state index is 12.3. The molecule has 2 aromatic carbocycles. The zero-order valence-corrected chi connectivity index (χ0v) is 11.9.